The highest BCUT2D eigenvalue weighted by Crippen LogP contribution is 2.32. The Balaban J connectivity index is 2.24. The van der Waals surface area contributed by atoms with Gasteiger partial charge in [0, 0.05) is 6.04 Å². The van der Waals surface area contributed by atoms with Gasteiger partial charge in [0.05, 0.1) is 20.9 Å². The molecule has 1 aromatic heterocycles. The predicted octanol–water partition coefficient (Wildman–Crippen LogP) is 4.72. The van der Waals surface area contributed by atoms with Crippen molar-refractivity contribution >= 4 is 38.8 Å². The number of allylic oxidation sites excluding steroid dienone is 1. The molecule has 1 unspecified atom stereocenters. The van der Waals surface area contributed by atoms with Crippen LogP contribution in [0.1, 0.15) is 19.8 Å². The van der Waals surface area contributed by atoms with Crippen molar-refractivity contribution in [3.63, 3.8) is 0 Å². The number of fused-ring (bicyclic) bond motifs is 1. The first-order valence-corrected chi connectivity index (χ1v) is 6.87. The zero-order valence-electron chi connectivity index (χ0n) is 9.74. The van der Waals surface area contributed by atoms with Crippen LogP contribution in [0.3, 0.4) is 0 Å². The maximum atomic E-state index is 6.22. The van der Waals surface area contributed by atoms with E-state index in [0.29, 0.717) is 6.04 Å². The minimum absolute atomic E-state index is 0.359. The van der Waals surface area contributed by atoms with Gasteiger partial charge in [0.1, 0.15) is 5.52 Å². The fourth-order valence-electron chi connectivity index (χ4n) is 1.73. The molecule has 0 saturated heterocycles. The normalized spacial score (nSPS) is 12.6. The Morgan fingerprint density at radius 2 is 2.41 bits per heavy atom. The van der Waals surface area contributed by atoms with Gasteiger partial charge in [-0.15, -0.1) is 17.9 Å². The van der Waals surface area contributed by atoms with E-state index in [2.05, 4.69) is 23.8 Å². The topological polar surface area (TPSA) is 24.9 Å². The molecule has 90 valence electrons. The summed E-state index contributed by atoms with van der Waals surface area (Å²) < 4.78 is 1.16. The van der Waals surface area contributed by atoms with Crippen LogP contribution in [0.15, 0.2) is 30.3 Å². The lowest BCUT2D eigenvalue weighted by atomic mass is 10.1. The summed E-state index contributed by atoms with van der Waals surface area (Å²) in [5.74, 6) is 0. The number of nitrogens with one attached hydrogen (secondary N) is 1. The number of anilines is 1. The molecule has 0 radical (unpaired) electrons. The second kappa shape index (κ2) is 5.52. The lowest BCUT2D eigenvalue weighted by Crippen LogP contribution is -2.15. The molecular weight excluding hydrogens is 252 g/mol. The van der Waals surface area contributed by atoms with Crippen molar-refractivity contribution in [3.8, 4) is 0 Å². The van der Waals surface area contributed by atoms with Crippen LogP contribution in [-0.4, -0.2) is 11.0 Å². The van der Waals surface area contributed by atoms with Crippen molar-refractivity contribution in [2.24, 2.45) is 0 Å². The summed E-state index contributed by atoms with van der Waals surface area (Å²) in [6.45, 7) is 5.88. The monoisotopic (exact) mass is 266 g/mol. The Labute approximate surface area is 110 Å². The van der Waals surface area contributed by atoms with Crippen molar-refractivity contribution < 1.29 is 0 Å². The molecule has 0 saturated carbocycles. The van der Waals surface area contributed by atoms with Crippen LogP contribution in [0.2, 0.25) is 5.02 Å². The predicted molar refractivity (Wildman–Crippen MR) is 77.1 cm³/mol. The molecule has 0 spiro atoms. The smallest absolute Gasteiger partial charge is 0.106 e. The molecule has 0 aliphatic carbocycles. The van der Waals surface area contributed by atoms with E-state index < -0.39 is 0 Å². The van der Waals surface area contributed by atoms with Gasteiger partial charge in [0.2, 0.25) is 0 Å². The van der Waals surface area contributed by atoms with Gasteiger partial charge in [0.25, 0.3) is 0 Å². The summed E-state index contributed by atoms with van der Waals surface area (Å²) in [7, 11) is 0. The summed E-state index contributed by atoms with van der Waals surface area (Å²) in [6.07, 6.45) is 3.97. The Hall–Kier alpha value is -1.06. The summed E-state index contributed by atoms with van der Waals surface area (Å²) in [5.41, 5.74) is 3.76. The van der Waals surface area contributed by atoms with E-state index in [9.17, 15) is 0 Å². The number of thiazole rings is 1. The lowest BCUT2D eigenvalue weighted by molar-refractivity contribution is 0.720. The van der Waals surface area contributed by atoms with Crippen LogP contribution in [0.25, 0.3) is 10.2 Å². The van der Waals surface area contributed by atoms with E-state index >= 15 is 0 Å². The number of hydrogen-bond acceptors (Lipinski definition) is 3. The molecule has 2 nitrogen and oxygen atoms in total. The van der Waals surface area contributed by atoms with Crippen LogP contribution in [0.5, 0.6) is 0 Å². The Kier molecular flexibility index (Phi) is 4.02. The lowest BCUT2D eigenvalue weighted by Gasteiger charge is -2.15. The van der Waals surface area contributed by atoms with Gasteiger partial charge in [-0.05, 0) is 31.9 Å². The number of halogens is 1. The molecule has 0 fully saturated rings. The number of aromatic nitrogens is 1. The number of rotatable bonds is 5. The van der Waals surface area contributed by atoms with E-state index in [4.69, 9.17) is 11.6 Å². The molecule has 0 aliphatic heterocycles. The van der Waals surface area contributed by atoms with Crippen molar-refractivity contribution in [3.05, 3.63) is 35.3 Å². The molecule has 17 heavy (non-hydrogen) atoms. The molecule has 1 aromatic carbocycles. The van der Waals surface area contributed by atoms with E-state index in [0.717, 1.165) is 33.8 Å². The van der Waals surface area contributed by atoms with Crippen molar-refractivity contribution in [2.45, 2.75) is 25.8 Å². The third kappa shape index (κ3) is 2.79. The van der Waals surface area contributed by atoms with Gasteiger partial charge in [-0.1, -0.05) is 17.7 Å². The third-order valence-corrected chi connectivity index (χ3v) is 3.76. The standard InChI is InChI=1S/C13H15ClN2S/c1-3-4-5-9(2)16-12-10(14)6-7-11-13(12)15-8-17-11/h3,6-9,16H,1,4-5H2,2H3. The Morgan fingerprint density at radius 3 is 3.18 bits per heavy atom. The number of benzene rings is 1. The van der Waals surface area contributed by atoms with E-state index in [1.54, 1.807) is 11.3 Å². The molecule has 0 bridgehead atoms. The quantitative estimate of drug-likeness (QED) is 0.793. The first kappa shape index (κ1) is 12.4. The molecule has 2 rings (SSSR count). The highest BCUT2D eigenvalue weighted by molar-refractivity contribution is 7.16. The van der Waals surface area contributed by atoms with Gasteiger partial charge >= 0.3 is 0 Å². The van der Waals surface area contributed by atoms with Crippen molar-refractivity contribution in [1.82, 2.24) is 4.98 Å². The van der Waals surface area contributed by atoms with Crippen LogP contribution in [0, 0.1) is 0 Å². The molecule has 1 heterocycles. The third-order valence-electron chi connectivity index (χ3n) is 2.65. The Morgan fingerprint density at radius 1 is 1.59 bits per heavy atom. The van der Waals surface area contributed by atoms with Crippen LogP contribution >= 0.6 is 22.9 Å². The molecule has 1 N–H and O–H groups in total. The molecular formula is C13H15ClN2S. The van der Waals surface area contributed by atoms with Gasteiger partial charge in [-0.25, -0.2) is 4.98 Å². The van der Waals surface area contributed by atoms with Crippen molar-refractivity contribution in [1.29, 1.82) is 0 Å². The average molecular weight is 267 g/mol. The highest BCUT2D eigenvalue weighted by atomic mass is 35.5. The minimum atomic E-state index is 0.359. The van der Waals surface area contributed by atoms with Gasteiger partial charge in [-0.2, -0.15) is 0 Å². The molecule has 2 aromatic rings. The highest BCUT2D eigenvalue weighted by Gasteiger charge is 2.10. The molecule has 0 amide bonds. The maximum Gasteiger partial charge on any atom is 0.106 e. The molecule has 1 atom stereocenters. The first-order valence-electron chi connectivity index (χ1n) is 5.61. The van der Waals surface area contributed by atoms with Gasteiger partial charge < -0.3 is 5.32 Å². The zero-order valence-corrected chi connectivity index (χ0v) is 11.3. The van der Waals surface area contributed by atoms with Crippen molar-refractivity contribution in [2.75, 3.05) is 5.32 Å². The summed E-state index contributed by atoms with van der Waals surface area (Å²) in [6, 6.07) is 4.29. The number of hydrogen-bond donors (Lipinski definition) is 1. The molecule has 0 aliphatic rings. The largest absolute Gasteiger partial charge is 0.380 e. The second-order valence-corrected chi connectivity index (χ2v) is 5.33. The SMILES string of the molecule is C=CCCC(C)Nc1c(Cl)ccc2scnc12. The van der Waals surface area contributed by atoms with E-state index in [-0.39, 0.29) is 0 Å². The van der Waals surface area contributed by atoms with Gasteiger partial charge in [-0.3, -0.25) is 0 Å². The fraction of sp³-hybridized carbons (Fsp3) is 0.308. The zero-order chi connectivity index (χ0) is 12.3. The van der Waals surface area contributed by atoms with E-state index in [1.165, 1.54) is 0 Å². The van der Waals surface area contributed by atoms with Gasteiger partial charge in [0.15, 0.2) is 0 Å². The Bertz CT molecular complexity index is 521. The maximum absolute atomic E-state index is 6.22. The fourth-order valence-corrected chi connectivity index (χ4v) is 2.62. The summed E-state index contributed by atoms with van der Waals surface area (Å²) >= 11 is 7.85. The molecule has 4 heteroatoms. The van der Waals surface area contributed by atoms with Crippen LogP contribution < -0.4 is 5.32 Å². The minimum Gasteiger partial charge on any atom is -0.380 e. The summed E-state index contributed by atoms with van der Waals surface area (Å²) in [4.78, 5) is 4.36. The summed E-state index contributed by atoms with van der Waals surface area (Å²) in [5, 5.41) is 4.17. The van der Waals surface area contributed by atoms with Crippen LogP contribution in [-0.2, 0) is 0 Å². The average Bonchev–Trinajstić information content (AvgIpc) is 2.78. The van der Waals surface area contributed by atoms with Crippen LogP contribution in [0.4, 0.5) is 5.69 Å². The first-order chi connectivity index (χ1) is 8.22. The number of nitrogens with zero attached hydrogens (tertiary/aromatic N) is 1. The van der Waals surface area contributed by atoms with E-state index in [1.807, 2.05) is 23.7 Å². The second-order valence-electron chi connectivity index (χ2n) is 4.03.